The van der Waals surface area contributed by atoms with Crippen molar-refractivity contribution in [3.8, 4) is 0 Å². The summed E-state index contributed by atoms with van der Waals surface area (Å²) < 4.78 is 0. The van der Waals surface area contributed by atoms with E-state index in [0.29, 0.717) is 0 Å². The van der Waals surface area contributed by atoms with Gasteiger partial charge in [-0.25, -0.2) is 4.98 Å². The average molecular weight is 250 g/mol. The molecule has 2 rings (SSSR count). The molecule has 1 aliphatic rings. The number of hydrogen-bond donors (Lipinski definition) is 1. The molecule has 1 saturated carbocycles. The molecule has 17 heavy (non-hydrogen) atoms. The highest BCUT2D eigenvalue weighted by atomic mass is 32.2. The van der Waals surface area contributed by atoms with Gasteiger partial charge in [-0.1, -0.05) is 18.9 Å². The van der Waals surface area contributed by atoms with E-state index in [9.17, 15) is 0 Å². The summed E-state index contributed by atoms with van der Waals surface area (Å²) in [5.74, 6) is 2.13. The third-order valence-electron chi connectivity index (χ3n) is 3.32. The Kier molecular flexibility index (Phi) is 4.86. The van der Waals surface area contributed by atoms with Gasteiger partial charge < -0.3 is 5.73 Å². The molecule has 0 aromatic carbocycles. The summed E-state index contributed by atoms with van der Waals surface area (Å²) in [6, 6.07) is 4.38. The van der Waals surface area contributed by atoms with Gasteiger partial charge in [0, 0.05) is 18.0 Å². The number of aromatic nitrogens is 1. The van der Waals surface area contributed by atoms with Crippen molar-refractivity contribution in [2.75, 3.05) is 5.75 Å². The van der Waals surface area contributed by atoms with Gasteiger partial charge >= 0.3 is 0 Å². The summed E-state index contributed by atoms with van der Waals surface area (Å²) in [5.41, 5.74) is 7.19. The van der Waals surface area contributed by atoms with Gasteiger partial charge in [-0.15, -0.1) is 11.8 Å². The fourth-order valence-corrected chi connectivity index (χ4v) is 3.63. The second-order valence-corrected chi connectivity index (χ2v) is 6.12. The van der Waals surface area contributed by atoms with E-state index in [1.54, 1.807) is 0 Å². The molecule has 0 radical (unpaired) electrons. The van der Waals surface area contributed by atoms with E-state index in [4.69, 9.17) is 5.73 Å². The number of rotatable bonds is 5. The van der Waals surface area contributed by atoms with E-state index in [2.05, 4.69) is 18.0 Å². The van der Waals surface area contributed by atoms with Crippen molar-refractivity contribution in [2.24, 2.45) is 11.7 Å². The van der Waals surface area contributed by atoms with Crippen LogP contribution >= 0.6 is 11.8 Å². The third kappa shape index (κ3) is 4.00. The molecular formula is C14H22N2S. The first-order valence-electron chi connectivity index (χ1n) is 6.58. The van der Waals surface area contributed by atoms with Crippen LogP contribution in [0, 0.1) is 5.92 Å². The highest BCUT2D eigenvalue weighted by Crippen LogP contribution is 2.31. The summed E-state index contributed by atoms with van der Waals surface area (Å²) in [7, 11) is 0. The van der Waals surface area contributed by atoms with Gasteiger partial charge in [-0.3, -0.25) is 0 Å². The quantitative estimate of drug-likeness (QED) is 0.815. The van der Waals surface area contributed by atoms with Gasteiger partial charge in [0.15, 0.2) is 0 Å². The molecule has 2 nitrogen and oxygen atoms in total. The first-order chi connectivity index (χ1) is 8.25. The van der Waals surface area contributed by atoms with Gasteiger partial charge in [0.2, 0.25) is 0 Å². The molecule has 1 aromatic rings. The molecule has 1 heterocycles. The van der Waals surface area contributed by atoms with Crippen molar-refractivity contribution in [1.29, 1.82) is 0 Å². The first kappa shape index (κ1) is 12.9. The van der Waals surface area contributed by atoms with Crippen molar-refractivity contribution in [3.63, 3.8) is 0 Å². The predicted octanol–water partition coefficient (Wildman–Crippen LogP) is 3.25. The summed E-state index contributed by atoms with van der Waals surface area (Å²) in [6.45, 7) is 2.05. The smallest absolute Gasteiger partial charge is 0.0992 e. The zero-order valence-electron chi connectivity index (χ0n) is 10.6. The Morgan fingerprint density at radius 2 is 2.24 bits per heavy atom. The van der Waals surface area contributed by atoms with E-state index < -0.39 is 0 Å². The van der Waals surface area contributed by atoms with Crippen LogP contribution < -0.4 is 5.73 Å². The summed E-state index contributed by atoms with van der Waals surface area (Å²) in [6.07, 6.45) is 8.47. The average Bonchev–Trinajstić information content (AvgIpc) is 2.80. The van der Waals surface area contributed by atoms with Gasteiger partial charge in [0.25, 0.3) is 0 Å². The van der Waals surface area contributed by atoms with Crippen molar-refractivity contribution >= 4 is 11.8 Å². The fraction of sp³-hybridized carbons (Fsp3) is 0.643. The van der Waals surface area contributed by atoms with Crippen LogP contribution in [0.1, 0.15) is 38.2 Å². The van der Waals surface area contributed by atoms with E-state index >= 15 is 0 Å². The number of nitrogens with two attached hydrogens (primary N) is 1. The Balaban J connectivity index is 1.94. The SMILES string of the molecule is CC(N)Cc1cccnc1SCC1CCCC1. The maximum Gasteiger partial charge on any atom is 0.0992 e. The van der Waals surface area contributed by atoms with Crippen LogP contribution in [0.25, 0.3) is 0 Å². The number of pyridine rings is 1. The molecule has 0 aliphatic heterocycles. The topological polar surface area (TPSA) is 38.9 Å². The van der Waals surface area contributed by atoms with Crippen LogP contribution in [-0.4, -0.2) is 16.8 Å². The molecule has 3 heteroatoms. The molecule has 0 spiro atoms. The lowest BCUT2D eigenvalue weighted by Gasteiger charge is -2.12. The molecule has 1 fully saturated rings. The lowest BCUT2D eigenvalue weighted by Crippen LogP contribution is -2.18. The van der Waals surface area contributed by atoms with Gasteiger partial charge in [0.1, 0.15) is 0 Å². The molecule has 94 valence electrons. The monoisotopic (exact) mass is 250 g/mol. The lowest BCUT2D eigenvalue weighted by molar-refractivity contribution is 0.622. The standard InChI is InChI=1S/C14H22N2S/c1-11(15)9-13-7-4-8-16-14(13)17-10-12-5-2-3-6-12/h4,7-8,11-12H,2-3,5-6,9-10,15H2,1H3. The van der Waals surface area contributed by atoms with Crippen LogP contribution in [0.5, 0.6) is 0 Å². The number of thioether (sulfide) groups is 1. The fourth-order valence-electron chi connectivity index (χ4n) is 2.43. The molecule has 2 N–H and O–H groups in total. The summed E-state index contributed by atoms with van der Waals surface area (Å²) in [5, 5.41) is 1.19. The zero-order valence-corrected chi connectivity index (χ0v) is 11.4. The van der Waals surface area contributed by atoms with Gasteiger partial charge in [-0.2, -0.15) is 0 Å². The molecular weight excluding hydrogens is 228 g/mol. The second-order valence-electron chi connectivity index (χ2n) is 5.11. The van der Waals surface area contributed by atoms with E-state index in [1.807, 2.05) is 24.0 Å². The zero-order chi connectivity index (χ0) is 12.1. The maximum absolute atomic E-state index is 5.87. The Hall–Kier alpha value is -0.540. The highest BCUT2D eigenvalue weighted by Gasteiger charge is 2.16. The molecule has 0 amide bonds. The normalized spacial score (nSPS) is 18.5. The molecule has 0 saturated heterocycles. The minimum atomic E-state index is 0.213. The van der Waals surface area contributed by atoms with Crippen LogP contribution in [0.2, 0.25) is 0 Å². The van der Waals surface area contributed by atoms with Crippen molar-refractivity contribution in [3.05, 3.63) is 23.9 Å². The molecule has 1 atom stereocenters. The Labute approximate surface area is 108 Å². The minimum absolute atomic E-state index is 0.213. The Morgan fingerprint density at radius 1 is 1.47 bits per heavy atom. The van der Waals surface area contributed by atoms with E-state index in [0.717, 1.165) is 12.3 Å². The number of nitrogens with zero attached hydrogens (tertiary/aromatic N) is 1. The van der Waals surface area contributed by atoms with Crippen LogP contribution in [0.3, 0.4) is 0 Å². The number of hydrogen-bond acceptors (Lipinski definition) is 3. The van der Waals surface area contributed by atoms with Gasteiger partial charge in [-0.05, 0) is 43.7 Å². The molecule has 1 aliphatic carbocycles. The predicted molar refractivity (Wildman–Crippen MR) is 74.3 cm³/mol. The van der Waals surface area contributed by atoms with Crippen molar-refractivity contribution in [2.45, 2.75) is 50.1 Å². The second kappa shape index (κ2) is 6.41. The van der Waals surface area contributed by atoms with Crippen LogP contribution in [0.4, 0.5) is 0 Å². The Morgan fingerprint density at radius 3 is 2.94 bits per heavy atom. The molecule has 1 aromatic heterocycles. The molecule has 0 bridgehead atoms. The van der Waals surface area contributed by atoms with Crippen molar-refractivity contribution < 1.29 is 0 Å². The van der Waals surface area contributed by atoms with E-state index in [1.165, 1.54) is 42.0 Å². The lowest BCUT2D eigenvalue weighted by atomic mass is 10.1. The maximum atomic E-state index is 5.87. The van der Waals surface area contributed by atoms with Crippen LogP contribution in [-0.2, 0) is 6.42 Å². The first-order valence-corrected chi connectivity index (χ1v) is 7.56. The van der Waals surface area contributed by atoms with E-state index in [-0.39, 0.29) is 6.04 Å². The van der Waals surface area contributed by atoms with Crippen LogP contribution in [0.15, 0.2) is 23.4 Å². The molecule has 1 unspecified atom stereocenters. The van der Waals surface area contributed by atoms with Gasteiger partial charge in [0.05, 0.1) is 5.03 Å². The summed E-state index contributed by atoms with van der Waals surface area (Å²) in [4.78, 5) is 4.50. The minimum Gasteiger partial charge on any atom is -0.328 e. The highest BCUT2D eigenvalue weighted by molar-refractivity contribution is 7.99. The summed E-state index contributed by atoms with van der Waals surface area (Å²) >= 11 is 1.92. The Bertz CT molecular complexity index is 346. The third-order valence-corrected chi connectivity index (χ3v) is 4.60. The van der Waals surface area contributed by atoms with Crippen molar-refractivity contribution in [1.82, 2.24) is 4.98 Å². The largest absolute Gasteiger partial charge is 0.328 e.